The van der Waals surface area contributed by atoms with Gasteiger partial charge in [0.05, 0.1) is 6.61 Å². The van der Waals surface area contributed by atoms with Crippen molar-refractivity contribution in [2.24, 2.45) is 5.92 Å². The van der Waals surface area contributed by atoms with Crippen LogP contribution in [-0.4, -0.2) is 24.6 Å². The smallest absolute Gasteiger partial charge is 0.305 e. The summed E-state index contributed by atoms with van der Waals surface area (Å²) < 4.78 is 4.89. The second-order valence-corrected chi connectivity index (χ2v) is 3.45. The van der Waals surface area contributed by atoms with Crippen LogP contribution in [0.1, 0.15) is 12.8 Å². The molecule has 0 aliphatic carbocycles. The lowest BCUT2D eigenvalue weighted by atomic mass is 10.0. The Morgan fingerprint density at radius 2 is 2.60 bits per heavy atom. The molecule has 1 aliphatic rings. The van der Waals surface area contributed by atoms with Crippen LogP contribution in [-0.2, 0) is 9.53 Å². The summed E-state index contributed by atoms with van der Waals surface area (Å²) in [5, 5.41) is 0. The fourth-order valence-corrected chi connectivity index (χ4v) is 1.79. The maximum absolute atomic E-state index is 10.6. The molecule has 58 valence electrons. The Morgan fingerprint density at radius 3 is 3.10 bits per heavy atom. The van der Waals surface area contributed by atoms with Crippen LogP contribution in [0.5, 0.6) is 0 Å². The molecule has 1 atom stereocenters. The van der Waals surface area contributed by atoms with E-state index in [9.17, 15) is 4.79 Å². The van der Waals surface area contributed by atoms with Gasteiger partial charge in [0.15, 0.2) is 0 Å². The zero-order valence-corrected chi connectivity index (χ0v) is 6.95. The van der Waals surface area contributed by atoms with Crippen molar-refractivity contribution in [3.8, 4) is 0 Å². The first-order chi connectivity index (χ1) is 4.83. The van der Waals surface area contributed by atoms with Crippen molar-refractivity contribution in [1.82, 2.24) is 0 Å². The average molecular weight is 160 g/mol. The molecule has 2 nitrogen and oxygen atoms in total. The predicted molar refractivity (Wildman–Crippen MR) is 42.1 cm³/mol. The summed E-state index contributed by atoms with van der Waals surface area (Å²) in [6.07, 6.45) is 3.71. The third-order valence-corrected chi connectivity index (χ3v) is 2.44. The first-order valence-corrected chi connectivity index (χ1v) is 4.87. The summed E-state index contributed by atoms with van der Waals surface area (Å²) in [6, 6.07) is 0. The molecule has 1 fully saturated rings. The largest absolute Gasteiger partial charge is 0.465 e. The monoisotopic (exact) mass is 160 g/mol. The fourth-order valence-electron chi connectivity index (χ4n) is 1.06. The highest BCUT2D eigenvalue weighted by Crippen LogP contribution is 2.17. The van der Waals surface area contributed by atoms with Crippen molar-refractivity contribution < 1.29 is 9.53 Å². The van der Waals surface area contributed by atoms with Crippen LogP contribution in [0.4, 0.5) is 0 Å². The first-order valence-electron chi connectivity index (χ1n) is 3.47. The molecule has 0 amide bonds. The van der Waals surface area contributed by atoms with Crippen LogP contribution in [0.3, 0.4) is 0 Å². The molecule has 3 heteroatoms. The third kappa shape index (κ3) is 2.21. The van der Waals surface area contributed by atoms with Crippen molar-refractivity contribution >= 4 is 17.7 Å². The van der Waals surface area contributed by atoms with E-state index in [1.807, 2.05) is 11.8 Å². The van der Waals surface area contributed by atoms with E-state index in [4.69, 9.17) is 4.74 Å². The number of hydrogen-bond acceptors (Lipinski definition) is 3. The molecule has 0 aromatic rings. The quantitative estimate of drug-likeness (QED) is 0.570. The van der Waals surface area contributed by atoms with Gasteiger partial charge in [0, 0.05) is 12.3 Å². The Morgan fingerprint density at radius 1 is 1.80 bits per heavy atom. The maximum Gasteiger partial charge on any atom is 0.305 e. The Balaban J connectivity index is 2.19. The average Bonchev–Trinajstić information content (AvgIpc) is 1.95. The molecule has 0 bridgehead atoms. The summed E-state index contributed by atoms with van der Waals surface area (Å²) in [5.41, 5.74) is 0. The van der Waals surface area contributed by atoms with Gasteiger partial charge in [-0.25, -0.2) is 0 Å². The van der Waals surface area contributed by atoms with E-state index in [-0.39, 0.29) is 5.97 Å². The van der Waals surface area contributed by atoms with Crippen LogP contribution in [0.2, 0.25) is 0 Å². The lowest BCUT2D eigenvalue weighted by Crippen LogP contribution is -2.22. The molecule has 1 unspecified atom stereocenters. The summed E-state index contributed by atoms with van der Waals surface area (Å²) in [4.78, 5) is 10.6. The van der Waals surface area contributed by atoms with Gasteiger partial charge in [0.25, 0.3) is 0 Å². The van der Waals surface area contributed by atoms with Gasteiger partial charge in [-0.3, -0.25) is 4.79 Å². The predicted octanol–water partition coefficient (Wildman–Crippen LogP) is 1.30. The molecule has 1 heterocycles. The van der Waals surface area contributed by atoms with Crippen molar-refractivity contribution in [3.05, 3.63) is 0 Å². The highest BCUT2D eigenvalue weighted by molar-refractivity contribution is 7.98. The van der Waals surface area contributed by atoms with E-state index in [1.54, 1.807) is 0 Å². The minimum absolute atomic E-state index is 0.0302. The number of cyclic esters (lactones) is 1. The molecule has 0 radical (unpaired) electrons. The van der Waals surface area contributed by atoms with Crippen LogP contribution < -0.4 is 0 Å². The number of rotatable bonds is 2. The molecule has 1 aliphatic heterocycles. The molecule has 0 aromatic carbocycles. The highest BCUT2D eigenvalue weighted by atomic mass is 32.2. The van der Waals surface area contributed by atoms with Crippen LogP contribution in [0.15, 0.2) is 0 Å². The van der Waals surface area contributed by atoms with Gasteiger partial charge in [-0.1, -0.05) is 0 Å². The summed E-state index contributed by atoms with van der Waals surface area (Å²) >= 11 is 1.82. The van der Waals surface area contributed by atoms with E-state index >= 15 is 0 Å². The molecule has 10 heavy (non-hydrogen) atoms. The van der Waals surface area contributed by atoms with Gasteiger partial charge in [0.2, 0.25) is 0 Å². The van der Waals surface area contributed by atoms with Gasteiger partial charge in [-0.2, -0.15) is 11.8 Å². The molecular weight excluding hydrogens is 148 g/mol. The molecule has 0 aromatic heterocycles. The van der Waals surface area contributed by atoms with Crippen molar-refractivity contribution in [3.63, 3.8) is 0 Å². The maximum atomic E-state index is 10.6. The summed E-state index contributed by atoms with van der Waals surface area (Å²) in [5.74, 6) is 1.69. The lowest BCUT2D eigenvalue weighted by Gasteiger charge is -2.20. The number of carbonyl (C=O) groups is 1. The number of esters is 1. The number of thioether (sulfide) groups is 1. The molecule has 0 saturated carbocycles. The lowest BCUT2D eigenvalue weighted by molar-refractivity contribution is -0.148. The van der Waals surface area contributed by atoms with E-state index in [2.05, 4.69) is 6.26 Å². The van der Waals surface area contributed by atoms with Crippen LogP contribution in [0, 0.1) is 5.92 Å². The number of carbonyl (C=O) groups excluding carboxylic acids is 1. The second kappa shape index (κ2) is 3.86. The SMILES string of the molecule is CSCC1CCC(=O)OC1. The van der Waals surface area contributed by atoms with Gasteiger partial charge in [0.1, 0.15) is 0 Å². The Labute approximate surface area is 65.3 Å². The van der Waals surface area contributed by atoms with E-state index in [0.29, 0.717) is 18.9 Å². The van der Waals surface area contributed by atoms with Gasteiger partial charge >= 0.3 is 5.97 Å². The van der Waals surface area contributed by atoms with Crippen molar-refractivity contribution in [2.75, 3.05) is 18.6 Å². The minimum Gasteiger partial charge on any atom is -0.465 e. The third-order valence-electron chi connectivity index (χ3n) is 1.64. The van der Waals surface area contributed by atoms with E-state index < -0.39 is 0 Å². The standard InChI is InChI=1S/C7H12O2S/c1-10-5-6-2-3-7(8)9-4-6/h6H,2-5H2,1H3. The topological polar surface area (TPSA) is 26.3 Å². The van der Waals surface area contributed by atoms with Crippen molar-refractivity contribution in [1.29, 1.82) is 0 Å². The molecule has 0 spiro atoms. The normalized spacial score (nSPS) is 26.1. The summed E-state index contributed by atoms with van der Waals surface area (Å²) in [6.45, 7) is 0.639. The Hall–Kier alpha value is -0.180. The molecule has 0 N–H and O–H groups in total. The fraction of sp³-hybridized carbons (Fsp3) is 0.857. The van der Waals surface area contributed by atoms with Crippen LogP contribution in [0.25, 0.3) is 0 Å². The van der Waals surface area contributed by atoms with Gasteiger partial charge in [-0.15, -0.1) is 0 Å². The van der Waals surface area contributed by atoms with Crippen LogP contribution >= 0.6 is 11.8 Å². The number of ether oxygens (including phenoxy) is 1. The molecular formula is C7H12O2S. The zero-order valence-electron chi connectivity index (χ0n) is 6.13. The van der Waals surface area contributed by atoms with Gasteiger partial charge in [-0.05, 0) is 18.4 Å². The molecule has 1 rings (SSSR count). The van der Waals surface area contributed by atoms with E-state index in [1.165, 1.54) is 0 Å². The second-order valence-electron chi connectivity index (χ2n) is 2.54. The van der Waals surface area contributed by atoms with Crippen molar-refractivity contribution in [2.45, 2.75) is 12.8 Å². The Kier molecular flexibility index (Phi) is 3.06. The number of hydrogen-bond donors (Lipinski definition) is 0. The molecule has 1 saturated heterocycles. The first kappa shape index (κ1) is 7.92. The van der Waals surface area contributed by atoms with Gasteiger partial charge < -0.3 is 4.74 Å². The minimum atomic E-state index is -0.0302. The van der Waals surface area contributed by atoms with E-state index in [0.717, 1.165) is 12.2 Å². The summed E-state index contributed by atoms with van der Waals surface area (Å²) in [7, 11) is 0. The Bertz CT molecular complexity index is 115. The zero-order chi connectivity index (χ0) is 7.40. The highest BCUT2D eigenvalue weighted by Gasteiger charge is 2.18.